The molecule has 1 heterocycles. The highest BCUT2D eigenvalue weighted by Gasteiger charge is 2.52. The summed E-state index contributed by atoms with van der Waals surface area (Å²) in [6.45, 7) is 1.60. The van der Waals surface area contributed by atoms with Gasteiger partial charge in [-0.1, -0.05) is 0 Å². The second-order valence-corrected chi connectivity index (χ2v) is 4.21. The number of hydrogen-bond acceptors (Lipinski definition) is 2. The maximum absolute atomic E-state index is 11.0. The van der Waals surface area contributed by atoms with Gasteiger partial charge in [0.1, 0.15) is 5.88 Å². The smallest absolute Gasteiger partial charge is 0.237 e. The zero-order valence-electron chi connectivity index (χ0n) is 6.79. The van der Waals surface area contributed by atoms with Gasteiger partial charge < -0.3 is 10.0 Å². The molecular weight excluding hydrogens is 178 g/mol. The van der Waals surface area contributed by atoms with E-state index >= 15 is 0 Å². The van der Waals surface area contributed by atoms with E-state index in [-0.39, 0.29) is 23.3 Å². The first-order chi connectivity index (χ1) is 5.65. The molecule has 2 fully saturated rings. The largest absolute Gasteiger partial charge is 0.393 e. The van der Waals surface area contributed by atoms with Crippen LogP contribution in [0.15, 0.2) is 0 Å². The number of halogens is 1. The Kier molecular flexibility index (Phi) is 1.81. The molecule has 4 heteroatoms. The van der Waals surface area contributed by atoms with Gasteiger partial charge in [-0.05, 0) is 12.8 Å². The molecule has 12 heavy (non-hydrogen) atoms. The minimum absolute atomic E-state index is 0.0173. The number of alkyl halides is 1. The molecule has 1 amide bonds. The number of hydrogen-bond donors (Lipinski definition) is 1. The lowest BCUT2D eigenvalue weighted by Crippen LogP contribution is -2.65. The first-order valence-corrected chi connectivity index (χ1v) is 4.70. The van der Waals surface area contributed by atoms with Crippen LogP contribution in [0.25, 0.3) is 0 Å². The fourth-order valence-electron chi connectivity index (χ4n) is 2.22. The molecule has 1 spiro atoms. The molecule has 0 atom stereocenters. The minimum atomic E-state index is -0.127. The SMILES string of the molecule is O=C(CCl)N1CC2(CC(O)C2)C1. The van der Waals surface area contributed by atoms with Crippen LogP contribution < -0.4 is 0 Å². The monoisotopic (exact) mass is 189 g/mol. The van der Waals surface area contributed by atoms with Gasteiger partial charge in [-0.15, -0.1) is 11.6 Å². The predicted molar refractivity (Wildman–Crippen MR) is 45.0 cm³/mol. The second kappa shape index (κ2) is 2.60. The van der Waals surface area contributed by atoms with Crippen LogP contribution >= 0.6 is 11.6 Å². The Hall–Kier alpha value is -0.280. The molecule has 3 nitrogen and oxygen atoms in total. The summed E-state index contributed by atoms with van der Waals surface area (Å²) in [5.41, 5.74) is 0.265. The lowest BCUT2D eigenvalue weighted by atomic mass is 9.62. The van der Waals surface area contributed by atoms with Gasteiger partial charge in [0.15, 0.2) is 0 Å². The third-order valence-electron chi connectivity index (χ3n) is 2.86. The summed E-state index contributed by atoms with van der Waals surface area (Å²) in [4.78, 5) is 12.8. The van der Waals surface area contributed by atoms with E-state index in [4.69, 9.17) is 16.7 Å². The molecule has 1 saturated heterocycles. The highest BCUT2D eigenvalue weighted by atomic mass is 35.5. The predicted octanol–water partition coefficient (Wildman–Crippen LogP) is 0.208. The van der Waals surface area contributed by atoms with Crippen LogP contribution in [0.5, 0.6) is 0 Å². The van der Waals surface area contributed by atoms with Crippen LogP contribution in [-0.2, 0) is 4.79 Å². The number of rotatable bonds is 1. The van der Waals surface area contributed by atoms with Crippen molar-refractivity contribution in [2.45, 2.75) is 18.9 Å². The maximum Gasteiger partial charge on any atom is 0.237 e. The summed E-state index contributed by atoms with van der Waals surface area (Å²) in [6, 6.07) is 0. The first kappa shape index (κ1) is 8.32. The van der Waals surface area contributed by atoms with Gasteiger partial charge in [-0.25, -0.2) is 0 Å². The number of carbonyl (C=O) groups excluding carboxylic acids is 1. The van der Waals surface area contributed by atoms with Gasteiger partial charge >= 0.3 is 0 Å². The van der Waals surface area contributed by atoms with E-state index in [1.807, 2.05) is 0 Å². The van der Waals surface area contributed by atoms with E-state index in [0.717, 1.165) is 25.9 Å². The van der Waals surface area contributed by atoms with Crippen molar-refractivity contribution in [3.05, 3.63) is 0 Å². The molecule has 0 unspecified atom stereocenters. The summed E-state index contributed by atoms with van der Waals surface area (Å²) >= 11 is 5.40. The van der Waals surface area contributed by atoms with Gasteiger partial charge in [0.25, 0.3) is 0 Å². The molecule has 0 bridgehead atoms. The van der Waals surface area contributed by atoms with Crippen LogP contribution in [0.3, 0.4) is 0 Å². The average Bonchev–Trinajstić information content (AvgIpc) is 1.92. The summed E-state index contributed by atoms with van der Waals surface area (Å²) in [6.07, 6.45) is 1.59. The van der Waals surface area contributed by atoms with Crippen LogP contribution in [0.2, 0.25) is 0 Å². The fourth-order valence-corrected chi connectivity index (χ4v) is 2.39. The second-order valence-electron chi connectivity index (χ2n) is 3.95. The number of likely N-dealkylation sites (tertiary alicyclic amines) is 1. The van der Waals surface area contributed by atoms with Gasteiger partial charge in [0, 0.05) is 18.5 Å². The fraction of sp³-hybridized carbons (Fsp3) is 0.875. The lowest BCUT2D eigenvalue weighted by molar-refractivity contribution is -0.160. The minimum Gasteiger partial charge on any atom is -0.393 e. The molecule has 1 aliphatic heterocycles. The van der Waals surface area contributed by atoms with Crippen LogP contribution in [0, 0.1) is 5.41 Å². The average molecular weight is 190 g/mol. The van der Waals surface area contributed by atoms with Crippen molar-refractivity contribution in [1.82, 2.24) is 4.90 Å². The highest BCUT2D eigenvalue weighted by molar-refractivity contribution is 6.27. The van der Waals surface area contributed by atoms with Gasteiger partial charge in [0.2, 0.25) is 5.91 Å². The van der Waals surface area contributed by atoms with Crippen molar-refractivity contribution in [3.63, 3.8) is 0 Å². The van der Waals surface area contributed by atoms with E-state index in [1.165, 1.54) is 0 Å². The number of amides is 1. The van der Waals surface area contributed by atoms with E-state index < -0.39 is 0 Å². The van der Waals surface area contributed by atoms with E-state index in [2.05, 4.69) is 0 Å². The van der Waals surface area contributed by atoms with Crippen LogP contribution in [0.1, 0.15) is 12.8 Å². The normalized spacial score (nSPS) is 26.7. The number of aliphatic hydroxyl groups is 1. The van der Waals surface area contributed by atoms with Crippen molar-refractivity contribution in [2.24, 2.45) is 5.41 Å². The third kappa shape index (κ3) is 1.12. The van der Waals surface area contributed by atoms with Gasteiger partial charge in [-0.3, -0.25) is 4.79 Å². The standard InChI is InChI=1S/C8H12ClNO2/c9-3-7(12)10-4-8(5-10)1-6(11)2-8/h6,11H,1-5H2. The van der Waals surface area contributed by atoms with Gasteiger partial charge in [-0.2, -0.15) is 0 Å². The molecular formula is C8H12ClNO2. The zero-order valence-corrected chi connectivity index (χ0v) is 7.55. The van der Waals surface area contributed by atoms with Crippen molar-refractivity contribution < 1.29 is 9.90 Å². The molecule has 68 valence electrons. The Morgan fingerprint density at radius 1 is 1.58 bits per heavy atom. The molecule has 1 N–H and O–H groups in total. The molecule has 2 aliphatic rings. The Morgan fingerprint density at radius 2 is 2.17 bits per heavy atom. The Morgan fingerprint density at radius 3 is 2.58 bits per heavy atom. The van der Waals surface area contributed by atoms with Gasteiger partial charge in [0.05, 0.1) is 6.10 Å². The Balaban J connectivity index is 1.81. The van der Waals surface area contributed by atoms with Crippen LogP contribution in [0.4, 0.5) is 0 Å². The van der Waals surface area contributed by atoms with Crippen molar-refractivity contribution in [1.29, 1.82) is 0 Å². The number of nitrogens with zero attached hydrogens (tertiary/aromatic N) is 1. The first-order valence-electron chi connectivity index (χ1n) is 4.17. The lowest BCUT2D eigenvalue weighted by Gasteiger charge is -2.57. The summed E-state index contributed by atoms with van der Waals surface area (Å²) in [7, 11) is 0. The van der Waals surface area contributed by atoms with E-state index in [0.29, 0.717) is 0 Å². The van der Waals surface area contributed by atoms with E-state index in [9.17, 15) is 4.79 Å². The molecule has 1 aliphatic carbocycles. The molecule has 0 aromatic rings. The Labute approximate surface area is 76.3 Å². The zero-order chi connectivity index (χ0) is 8.77. The van der Waals surface area contributed by atoms with Crippen LogP contribution in [-0.4, -0.2) is 41.0 Å². The van der Waals surface area contributed by atoms with Crippen molar-refractivity contribution in [2.75, 3.05) is 19.0 Å². The third-order valence-corrected chi connectivity index (χ3v) is 3.09. The molecule has 2 rings (SSSR count). The number of carbonyl (C=O) groups is 1. The summed E-state index contributed by atoms with van der Waals surface area (Å²) in [5, 5.41) is 9.10. The molecule has 1 saturated carbocycles. The maximum atomic E-state index is 11.0. The molecule has 0 aromatic carbocycles. The summed E-state index contributed by atoms with van der Waals surface area (Å²) in [5.74, 6) is 0.0993. The molecule has 0 radical (unpaired) electrons. The van der Waals surface area contributed by atoms with E-state index in [1.54, 1.807) is 4.90 Å². The topological polar surface area (TPSA) is 40.5 Å². The van der Waals surface area contributed by atoms with Crippen molar-refractivity contribution in [3.8, 4) is 0 Å². The quantitative estimate of drug-likeness (QED) is 0.599. The Bertz CT molecular complexity index is 205. The summed E-state index contributed by atoms with van der Waals surface area (Å²) < 4.78 is 0. The highest BCUT2D eigenvalue weighted by Crippen LogP contribution is 2.48. The molecule has 0 aromatic heterocycles. The van der Waals surface area contributed by atoms with Crippen molar-refractivity contribution >= 4 is 17.5 Å². The number of aliphatic hydroxyl groups excluding tert-OH is 1.